The Balaban J connectivity index is 2.29. The van der Waals surface area contributed by atoms with E-state index in [2.05, 4.69) is 35.7 Å². The van der Waals surface area contributed by atoms with Crippen molar-refractivity contribution < 1.29 is 0 Å². The first-order valence-corrected chi connectivity index (χ1v) is 4.46. The topological polar surface area (TPSA) is 89.4 Å². The van der Waals surface area contributed by atoms with E-state index in [0.717, 1.165) is 0 Å². The zero-order valence-corrected chi connectivity index (χ0v) is 8.61. The van der Waals surface area contributed by atoms with E-state index in [9.17, 15) is 0 Å². The number of nitrogens with one attached hydrogen (secondary N) is 1. The minimum absolute atomic E-state index is 0.0585. The molecule has 0 unspecified atom stereocenters. The molecule has 7 nitrogen and oxygen atoms in total. The predicted molar refractivity (Wildman–Crippen MR) is 53.0 cm³/mol. The van der Waals surface area contributed by atoms with Crippen molar-refractivity contribution >= 4 is 35.0 Å². The third kappa shape index (κ3) is 2.25. The molecular weight excluding hydrogens is 241 g/mol. The van der Waals surface area contributed by atoms with Crippen LogP contribution in [0.1, 0.15) is 0 Å². The summed E-state index contributed by atoms with van der Waals surface area (Å²) in [5.74, 6) is 0.534. The molecule has 0 aliphatic rings. The smallest absolute Gasteiger partial charge is 0.231 e. The van der Waals surface area contributed by atoms with Crippen LogP contribution in [0.25, 0.3) is 0 Å². The van der Waals surface area contributed by atoms with Crippen molar-refractivity contribution in [3.05, 3.63) is 22.8 Å². The van der Waals surface area contributed by atoms with E-state index in [4.69, 9.17) is 23.2 Å². The number of halogens is 2. The highest BCUT2D eigenvalue weighted by molar-refractivity contribution is 6.42. The highest BCUT2D eigenvalue weighted by Crippen LogP contribution is 2.25. The van der Waals surface area contributed by atoms with Crippen molar-refractivity contribution in [3.8, 4) is 0 Å². The van der Waals surface area contributed by atoms with Crippen molar-refractivity contribution in [1.82, 2.24) is 30.4 Å². The van der Waals surface area contributed by atoms with Gasteiger partial charge in [-0.15, -0.1) is 10.2 Å². The molecule has 15 heavy (non-hydrogen) atoms. The summed E-state index contributed by atoms with van der Waals surface area (Å²) in [7, 11) is 0. The predicted octanol–water partition coefficient (Wildman–Crippen LogP) is 1.11. The van der Waals surface area contributed by atoms with Gasteiger partial charge in [0.05, 0.1) is 0 Å². The molecule has 2 aromatic heterocycles. The molecule has 2 rings (SSSR count). The second-order valence-electron chi connectivity index (χ2n) is 2.33. The molecule has 0 bridgehead atoms. The van der Waals surface area contributed by atoms with Crippen LogP contribution in [0.4, 0.5) is 11.8 Å². The van der Waals surface area contributed by atoms with Crippen molar-refractivity contribution in [2.45, 2.75) is 0 Å². The van der Waals surface area contributed by atoms with E-state index in [1.807, 2.05) is 0 Å². The molecular formula is C6H3Cl2N7. The third-order valence-corrected chi connectivity index (χ3v) is 2.11. The number of aromatic nitrogens is 6. The highest BCUT2D eigenvalue weighted by Gasteiger charge is 2.09. The monoisotopic (exact) mass is 243 g/mol. The zero-order valence-electron chi connectivity index (χ0n) is 7.09. The van der Waals surface area contributed by atoms with Gasteiger partial charge < -0.3 is 5.32 Å². The van der Waals surface area contributed by atoms with Crippen LogP contribution in [0.2, 0.25) is 10.2 Å². The maximum atomic E-state index is 5.81. The molecule has 0 aromatic carbocycles. The summed E-state index contributed by atoms with van der Waals surface area (Å²) in [6.45, 7) is 0. The lowest BCUT2D eigenvalue weighted by molar-refractivity contribution is 0.869. The maximum absolute atomic E-state index is 5.81. The molecule has 0 amide bonds. The number of rotatable bonds is 2. The summed E-state index contributed by atoms with van der Waals surface area (Å²) in [6, 6.07) is 0. The van der Waals surface area contributed by atoms with Crippen LogP contribution in [0.3, 0.4) is 0 Å². The van der Waals surface area contributed by atoms with E-state index >= 15 is 0 Å². The van der Waals surface area contributed by atoms with Crippen LogP contribution in [0.15, 0.2) is 12.7 Å². The minimum atomic E-state index is 0.0585. The van der Waals surface area contributed by atoms with Gasteiger partial charge in [0, 0.05) is 0 Å². The van der Waals surface area contributed by atoms with Gasteiger partial charge >= 0.3 is 0 Å². The lowest BCUT2D eigenvalue weighted by Gasteiger charge is -2.03. The molecule has 1 N–H and O–H groups in total. The quantitative estimate of drug-likeness (QED) is 0.845. The second kappa shape index (κ2) is 4.28. The third-order valence-electron chi connectivity index (χ3n) is 1.39. The van der Waals surface area contributed by atoms with Gasteiger partial charge in [-0.25, -0.2) is 15.0 Å². The lowest BCUT2D eigenvalue weighted by Crippen LogP contribution is -2.02. The molecule has 9 heteroatoms. The molecule has 0 atom stereocenters. The Morgan fingerprint density at radius 3 is 2.53 bits per heavy atom. The molecule has 0 saturated carbocycles. The largest absolute Gasteiger partial charge is 0.306 e. The van der Waals surface area contributed by atoms with Gasteiger partial charge in [-0.3, -0.25) is 0 Å². The number of nitrogens with zero attached hydrogens (tertiary/aromatic N) is 6. The Morgan fingerprint density at radius 1 is 1.07 bits per heavy atom. The van der Waals surface area contributed by atoms with E-state index in [1.54, 1.807) is 0 Å². The molecule has 0 aliphatic carbocycles. The summed E-state index contributed by atoms with van der Waals surface area (Å²) >= 11 is 11.5. The fourth-order valence-corrected chi connectivity index (χ4v) is 1.03. The van der Waals surface area contributed by atoms with Gasteiger partial charge in [0.15, 0.2) is 11.0 Å². The van der Waals surface area contributed by atoms with E-state index in [0.29, 0.717) is 5.95 Å². The van der Waals surface area contributed by atoms with Gasteiger partial charge in [0.2, 0.25) is 5.95 Å². The summed E-state index contributed by atoms with van der Waals surface area (Å²) in [5.41, 5.74) is 0. The van der Waals surface area contributed by atoms with E-state index < -0.39 is 0 Å². The summed E-state index contributed by atoms with van der Waals surface area (Å²) in [5, 5.41) is 13.4. The van der Waals surface area contributed by atoms with Crippen LogP contribution in [-0.4, -0.2) is 30.4 Å². The average Bonchev–Trinajstić information content (AvgIpc) is 2.26. The van der Waals surface area contributed by atoms with E-state index in [-0.39, 0.29) is 16.0 Å². The van der Waals surface area contributed by atoms with Crippen LogP contribution >= 0.6 is 23.2 Å². The fraction of sp³-hybridized carbons (Fsp3) is 0. The molecule has 0 saturated heterocycles. The van der Waals surface area contributed by atoms with Gasteiger partial charge in [-0.05, 0) is 5.21 Å². The first-order chi connectivity index (χ1) is 7.27. The molecule has 2 aromatic rings. The van der Waals surface area contributed by atoms with Gasteiger partial charge in [-0.1, -0.05) is 23.2 Å². The van der Waals surface area contributed by atoms with Crippen LogP contribution in [0, 0.1) is 0 Å². The van der Waals surface area contributed by atoms with Crippen LogP contribution in [0.5, 0.6) is 0 Å². The Hall–Kier alpha value is -1.60. The summed E-state index contributed by atoms with van der Waals surface area (Å²) < 4.78 is 0. The zero-order chi connectivity index (χ0) is 10.7. The molecule has 0 radical (unpaired) electrons. The maximum Gasteiger partial charge on any atom is 0.231 e. The van der Waals surface area contributed by atoms with Gasteiger partial charge in [-0.2, -0.15) is 0 Å². The Labute approximate surface area is 93.9 Å². The normalized spacial score (nSPS) is 10.0. The second-order valence-corrected chi connectivity index (χ2v) is 3.07. The lowest BCUT2D eigenvalue weighted by atomic mass is 10.6. The van der Waals surface area contributed by atoms with Crippen molar-refractivity contribution in [1.29, 1.82) is 0 Å². The van der Waals surface area contributed by atoms with Crippen molar-refractivity contribution in [2.75, 3.05) is 5.32 Å². The number of anilines is 2. The first kappa shape index (κ1) is 9.94. The van der Waals surface area contributed by atoms with Crippen molar-refractivity contribution in [2.24, 2.45) is 0 Å². The van der Waals surface area contributed by atoms with Gasteiger partial charge in [0.1, 0.15) is 17.7 Å². The highest BCUT2D eigenvalue weighted by atomic mass is 35.5. The summed E-state index contributed by atoms with van der Waals surface area (Å²) in [6.07, 6.45) is 2.67. The number of hydrogen-bond acceptors (Lipinski definition) is 7. The Kier molecular flexibility index (Phi) is 2.84. The molecule has 0 aliphatic heterocycles. The standard InChI is InChI=1S/C6H3Cl2N7/c7-3-4(8)13-15-14-5(3)12-6-10-1-9-2-11-6/h1-2H,(H,9,10,11,12,13,14). The van der Waals surface area contributed by atoms with E-state index in [1.165, 1.54) is 12.7 Å². The van der Waals surface area contributed by atoms with Crippen LogP contribution in [-0.2, 0) is 0 Å². The first-order valence-electron chi connectivity index (χ1n) is 3.71. The summed E-state index contributed by atoms with van der Waals surface area (Å²) in [4.78, 5) is 11.3. The molecule has 0 spiro atoms. The van der Waals surface area contributed by atoms with Gasteiger partial charge in [0.25, 0.3) is 0 Å². The number of hydrogen-bond donors (Lipinski definition) is 1. The molecule has 76 valence electrons. The Morgan fingerprint density at radius 2 is 1.80 bits per heavy atom. The SMILES string of the molecule is Clc1nnnc(Nc2ncncn2)c1Cl. The Bertz CT molecular complexity index is 462. The minimum Gasteiger partial charge on any atom is -0.306 e. The molecule has 0 fully saturated rings. The van der Waals surface area contributed by atoms with Crippen molar-refractivity contribution in [3.63, 3.8) is 0 Å². The molecule has 2 heterocycles. The fourth-order valence-electron chi connectivity index (χ4n) is 0.781. The average molecular weight is 244 g/mol. The van der Waals surface area contributed by atoms with Crippen LogP contribution < -0.4 is 5.32 Å².